The number of carboxylic acids is 1. The van der Waals surface area contributed by atoms with Crippen LogP contribution in [0.3, 0.4) is 0 Å². The first-order chi connectivity index (χ1) is 4.92. The minimum absolute atomic E-state index is 0. The van der Waals surface area contributed by atoms with Crippen molar-refractivity contribution in [1.29, 1.82) is 0 Å². The van der Waals surface area contributed by atoms with Crippen LogP contribution < -0.4 is 39.4 Å². The smallest absolute Gasteiger partial charge is 0.550 e. The SMILES string of the molecule is CS(=O)(=O)NCCCC(=O)[O-].[Na+]. The van der Waals surface area contributed by atoms with Gasteiger partial charge in [-0.2, -0.15) is 0 Å². The quantitative estimate of drug-likeness (QED) is 0.358. The van der Waals surface area contributed by atoms with Gasteiger partial charge in [0.25, 0.3) is 0 Å². The van der Waals surface area contributed by atoms with Crippen molar-refractivity contribution in [3.8, 4) is 0 Å². The third-order valence-electron chi connectivity index (χ3n) is 0.922. The molecule has 0 heterocycles. The van der Waals surface area contributed by atoms with Crippen LogP contribution in [0.1, 0.15) is 12.8 Å². The molecule has 0 aromatic heterocycles. The number of sulfonamides is 1. The van der Waals surface area contributed by atoms with E-state index in [9.17, 15) is 18.3 Å². The molecule has 0 aromatic rings. The summed E-state index contributed by atoms with van der Waals surface area (Å²) in [4.78, 5) is 9.84. The van der Waals surface area contributed by atoms with Crippen molar-refractivity contribution in [3.05, 3.63) is 0 Å². The molecule has 0 saturated heterocycles. The fourth-order valence-electron chi connectivity index (χ4n) is 0.490. The van der Waals surface area contributed by atoms with Crippen LogP contribution in [0.25, 0.3) is 0 Å². The van der Waals surface area contributed by atoms with E-state index in [0.29, 0.717) is 0 Å². The number of nitrogens with one attached hydrogen (secondary N) is 1. The first-order valence-electron chi connectivity index (χ1n) is 3.06. The maximum atomic E-state index is 10.4. The molecule has 0 amide bonds. The molecule has 66 valence electrons. The van der Waals surface area contributed by atoms with E-state index in [1.807, 2.05) is 0 Å². The average Bonchev–Trinajstić information content (AvgIpc) is 1.78. The van der Waals surface area contributed by atoms with Gasteiger partial charge in [0.05, 0.1) is 6.26 Å². The number of aliphatic carboxylic acids is 1. The molecule has 0 aromatic carbocycles. The van der Waals surface area contributed by atoms with Crippen LogP contribution in [0.2, 0.25) is 0 Å². The fourth-order valence-corrected chi connectivity index (χ4v) is 1.01. The van der Waals surface area contributed by atoms with Gasteiger partial charge < -0.3 is 9.90 Å². The molecule has 0 spiro atoms. The first-order valence-corrected chi connectivity index (χ1v) is 4.95. The van der Waals surface area contributed by atoms with E-state index in [2.05, 4.69) is 4.72 Å². The summed E-state index contributed by atoms with van der Waals surface area (Å²) in [7, 11) is -3.19. The van der Waals surface area contributed by atoms with Crippen molar-refractivity contribution >= 4 is 16.0 Å². The number of hydrogen-bond donors (Lipinski definition) is 1. The third kappa shape index (κ3) is 13.0. The van der Waals surface area contributed by atoms with Gasteiger partial charge in [-0.1, -0.05) is 0 Å². The largest absolute Gasteiger partial charge is 1.00 e. The molecule has 0 fully saturated rings. The van der Waals surface area contributed by atoms with E-state index in [4.69, 9.17) is 0 Å². The second kappa shape index (κ2) is 6.85. The zero-order chi connectivity index (χ0) is 8.91. The van der Waals surface area contributed by atoms with Gasteiger partial charge in [-0.3, -0.25) is 0 Å². The van der Waals surface area contributed by atoms with Crippen LogP contribution in [0.15, 0.2) is 0 Å². The fraction of sp³-hybridized carbons (Fsp3) is 0.800. The van der Waals surface area contributed by atoms with Gasteiger partial charge in [0.2, 0.25) is 10.0 Å². The number of carbonyl (C=O) groups is 1. The summed E-state index contributed by atoms with van der Waals surface area (Å²) in [6, 6.07) is 0. The van der Waals surface area contributed by atoms with Crippen molar-refractivity contribution in [2.75, 3.05) is 12.8 Å². The summed E-state index contributed by atoms with van der Waals surface area (Å²) in [6.45, 7) is 0.146. The summed E-state index contributed by atoms with van der Waals surface area (Å²) in [6.07, 6.45) is 1.16. The summed E-state index contributed by atoms with van der Waals surface area (Å²) in [5.74, 6) is -1.17. The van der Waals surface area contributed by atoms with Crippen molar-refractivity contribution < 1.29 is 47.9 Å². The minimum atomic E-state index is -3.19. The average molecular weight is 203 g/mol. The Hall–Kier alpha value is 0.380. The van der Waals surface area contributed by atoms with Crippen molar-refractivity contribution in [1.82, 2.24) is 4.72 Å². The van der Waals surface area contributed by atoms with Gasteiger partial charge in [-0.15, -0.1) is 0 Å². The van der Waals surface area contributed by atoms with Crippen molar-refractivity contribution in [2.24, 2.45) is 0 Å². The predicted octanol–water partition coefficient (Wildman–Crippen LogP) is -4.93. The second-order valence-corrected chi connectivity index (χ2v) is 3.98. The summed E-state index contributed by atoms with van der Waals surface area (Å²) < 4.78 is 23.0. The number of hydrogen-bond acceptors (Lipinski definition) is 4. The molecule has 0 aliphatic carbocycles. The van der Waals surface area contributed by atoms with E-state index in [1.54, 1.807) is 0 Å². The van der Waals surface area contributed by atoms with E-state index >= 15 is 0 Å². The Morgan fingerprint density at radius 1 is 1.50 bits per heavy atom. The Morgan fingerprint density at radius 3 is 2.33 bits per heavy atom. The van der Waals surface area contributed by atoms with Crippen LogP contribution in [0.5, 0.6) is 0 Å². The van der Waals surface area contributed by atoms with E-state index in [-0.39, 0.29) is 48.9 Å². The zero-order valence-electron chi connectivity index (χ0n) is 7.16. The molecule has 7 heteroatoms. The Morgan fingerprint density at radius 2 is 2.00 bits per heavy atom. The molecule has 0 unspecified atom stereocenters. The van der Waals surface area contributed by atoms with E-state index in [1.165, 1.54) is 0 Å². The molecule has 0 bridgehead atoms. The molecule has 0 rings (SSSR count). The Labute approximate surface area is 93.9 Å². The summed E-state index contributed by atoms with van der Waals surface area (Å²) in [5, 5.41) is 9.84. The summed E-state index contributed by atoms with van der Waals surface area (Å²) >= 11 is 0. The minimum Gasteiger partial charge on any atom is -0.550 e. The van der Waals surface area contributed by atoms with Crippen molar-refractivity contribution in [2.45, 2.75) is 12.8 Å². The zero-order valence-corrected chi connectivity index (χ0v) is 9.98. The topological polar surface area (TPSA) is 86.3 Å². The first kappa shape index (κ1) is 14.9. The Balaban J connectivity index is 0. The van der Waals surface area contributed by atoms with Gasteiger partial charge in [0, 0.05) is 12.5 Å². The Kier molecular flexibility index (Phi) is 8.49. The molecule has 0 saturated carbocycles. The van der Waals surface area contributed by atoms with Crippen LogP contribution in [-0.4, -0.2) is 27.2 Å². The van der Waals surface area contributed by atoms with Crippen LogP contribution in [0.4, 0.5) is 0 Å². The number of carbonyl (C=O) groups excluding carboxylic acids is 1. The normalized spacial score (nSPS) is 10.4. The second-order valence-electron chi connectivity index (χ2n) is 2.14. The van der Waals surface area contributed by atoms with Crippen LogP contribution in [-0.2, 0) is 14.8 Å². The molecule has 12 heavy (non-hydrogen) atoms. The predicted molar refractivity (Wildman–Crippen MR) is 37.1 cm³/mol. The monoisotopic (exact) mass is 203 g/mol. The van der Waals surface area contributed by atoms with Crippen LogP contribution in [0, 0.1) is 0 Å². The molecule has 0 aliphatic heterocycles. The summed E-state index contributed by atoms with van der Waals surface area (Å²) in [5.41, 5.74) is 0. The van der Waals surface area contributed by atoms with Crippen molar-refractivity contribution in [3.63, 3.8) is 0 Å². The maximum Gasteiger partial charge on any atom is 1.00 e. The molecule has 5 nitrogen and oxygen atoms in total. The van der Waals surface area contributed by atoms with Gasteiger partial charge in [0.1, 0.15) is 0 Å². The standard InChI is InChI=1S/C5H11NO4S.Na/c1-11(9,10)6-4-2-3-5(7)8;/h6H,2-4H2,1H3,(H,7,8);/q;+1/p-1. The molecular weight excluding hydrogens is 193 g/mol. The number of rotatable bonds is 5. The van der Waals surface area contributed by atoms with Gasteiger partial charge in [-0.05, 0) is 12.8 Å². The molecule has 1 N–H and O–H groups in total. The Bertz CT molecular complexity index is 226. The van der Waals surface area contributed by atoms with Gasteiger partial charge in [-0.25, -0.2) is 13.1 Å². The van der Waals surface area contributed by atoms with E-state index < -0.39 is 16.0 Å². The third-order valence-corrected chi connectivity index (χ3v) is 1.65. The number of carboxylic acid groups (broad SMARTS) is 1. The molecular formula is C5H10NNaO4S. The molecule has 0 atom stereocenters. The van der Waals surface area contributed by atoms with Gasteiger partial charge >= 0.3 is 29.6 Å². The van der Waals surface area contributed by atoms with Crippen LogP contribution >= 0.6 is 0 Å². The molecule has 0 aliphatic rings. The van der Waals surface area contributed by atoms with E-state index in [0.717, 1.165) is 6.26 Å². The van der Waals surface area contributed by atoms with Gasteiger partial charge in [0.15, 0.2) is 0 Å². The molecule has 0 radical (unpaired) electrons. The maximum absolute atomic E-state index is 10.4.